The van der Waals surface area contributed by atoms with E-state index in [1.54, 1.807) is 13.0 Å². The van der Waals surface area contributed by atoms with E-state index in [-0.39, 0.29) is 31.8 Å². The summed E-state index contributed by atoms with van der Waals surface area (Å²) in [5.74, 6) is -0.677. The molecule has 31 heavy (non-hydrogen) atoms. The highest BCUT2D eigenvalue weighted by Gasteiger charge is 2.29. The van der Waals surface area contributed by atoms with Crippen LogP contribution < -0.4 is 14.8 Å². The molecular formula is C19H25F2N3O6S. The number of benzene rings is 1. The number of hydrogen-bond acceptors (Lipinski definition) is 6. The Morgan fingerprint density at radius 3 is 2.71 bits per heavy atom. The van der Waals surface area contributed by atoms with Crippen LogP contribution in [0.5, 0.6) is 5.75 Å². The van der Waals surface area contributed by atoms with Crippen LogP contribution in [-0.2, 0) is 20.4 Å². The number of urea groups is 1. The molecule has 0 unspecified atom stereocenters. The summed E-state index contributed by atoms with van der Waals surface area (Å²) < 4.78 is 56.4. The van der Waals surface area contributed by atoms with E-state index in [9.17, 15) is 31.9 Å². The van der Waals surface area contributed by atoms with E-state index < -0.39 is 46.3 Å². The van der Waals surface area contributed by atoms with E-state index in [4.69, 9.17) is 4.74 Å². The maximum Gasteiger partial charge on any atom is 0.324 e. The van der Waals surface area contributed by atoms with Gasteiger partial charge in [-0.2, -0.15) is 0 Å². The van der Waals surface area contributed by atoms with Crippen molar-refractivity contribution < 1.29 is 36.6 Å². The van der Waals surface area contributed by atoms with Crippen LogP contribution in [0.4, 0.5) is 13.6 Å². The summed E-state index contributed by atoms with van der Waals surface area (Å²) >= 11 is 0. The van der Waals surface area contributed by atoms with Crippen LogP contribution in [0.2, 0.25) is 0 Å². The summed E-state index contributed by atoms with van der Waals surface area (Å²) in [6.07, 6.45) is 0.297. The minimum Gasteiger partial charge on any atom is -0.488 e. The van der Waals surface area contributed by atoms with Crippen LogP contribution >= 0.6 is 0 Å². The van der Waals surface area contributed by atoms with Gasteiger partial charge in [0.15, 0.2) is 0 Å². The van der Waals surface area contributed by atoms with Gasteiger partial charge >= 0.3 is 6.03 Å². The van der Waals surface area contributed by atoms with Gasteiger partial charge in [0.2, 0.25) is 15.9 Å². The van der Waals surface area contributed by atoms with Gasteiger partial charge in [0.25, 0.3) is 6.43 Å². The van der Waals surface area contributed by atoms with Crippen LogP contribution in [0.25, 0.3) is 0 Å². The van der Waals surface area contributed by atoms with Crippen molar-refractivity contribution >= 4 is 22.0 Å². The molecular weight excluding hydrogens is 436 g/mol. The Kier molecular flexibility index (Phi) is 8.48. The van der Waals surface area contributed by atoms with Crippen molar-refractivity contribution in [1.82, 2.24) is 14.9 Å². The molecule has 1 aliphatic rings. The Morgan fingerprint density at radius 2 is 2.10 bits per heavy atom. The maximum atomic E-state index is 12.3. The first-order valence-electron chi connectivity index (χ1n) is 9.49. The van der Waals surface area contributed by atoms with Gasteiger partial charge in [-0.3, -0.25) is 10.1 Å². The van der Waals surface area contributed by atoms with Gasteiger partial charge in [-0.25, -0.2) is 26.7 Å². The average Bonchev–Trinajstić information content (AvgIpc) is 3.05. The van der Waals surface area contributed by atoms with Gasteiger partial charge in [-0.05, 0) is 24.1 Å². The Morgan fingerprint density at radius 1 is 1.35 bits per heavy atom. The number of carbonyl (C=O) groups excluding carboxylic acids is 2. The first kappa shape index (κ1) is 24.7. The van der Waals surface area contributed by atoms with Gasteiger partial charge in [-0.1, -0.05) is 31.2 Å². The van der Waals surface area contributed by atoms with Crippen LogP contribution in [0.3, 0.4) is 0 Å². The fraction of sp³-hybridized carbons (Fsp3) is 0.474. The summed E-state index contributed by atoms with van der Waals surface area (Å²) in [4.78, 5) is 23.7. The molecule has 1 aliphatic heterocycles. The fourth-order valence-electron chi connectivity index (χ4n) is 2.78. The molecule has 1 aromatic rings. The number of carbonyl (C=O) groups is 2. The third-order valence-corrected chi connectivity index (χ3v) is 5.81. The highest BCUT2D eigenvalue weighted by Crippen LogP contribution is 2.27. The lowest BCUT2D eigenvalue weighted by Crippen LogP contribution is -2.41. The number of hydrogen-bond donors (Lipinski definition) is 3. The third kappa shape index (κ3) is 7.56. The largest absolute Gasteiger partial charge is 0.488 e. The number of halogens is 2. The second-order valence-corrected chi connectivity index (χ2v) is 8.77. The molecule has 9 nitrogen and oxygen atoms in total. The first-order chi connectivity index (χ1) is 14.5. The van der Waals surface area contributed by atoms with Crippen molar-refractivity contribution in [2.45, 2.75) is 25.4 Å². The third-order valence-electron chi connectivity index (χ3n) is 4.59. The fourth-order valence-corrected chi connectivity index (χ4v) is 3.75. The summed E-state index contributed by atoms with van der Waals surface area (Å²) in [5, 5.41) is 13.0. The number of nitrogens with zero attached hydrogens (tertiary/aromatic N) is 1. The lowest BCUT2D eigenvalue weighted by Gasteiger charge is -2.28. The quantitative estimate of drug-likeness (QED) is 0.315. The second kappa shape index (κ2) is 10.6. The van der Waals surface area contributed by atoms with Crippen molar-refractivity contribution in [2.75, 3.05) is 32.0 Å². The van der Waals surface area contributed by atoms with Crippen LogP contribution in [0, 0.1) is 0 Å². The van der Waals surface area contributed by atoms with Gasteiger partial charge in [0, 0.05) is 13.1 Å². The van der Waals surface area contributed by atoms with Crippen LogP contribution in [-0.4, -0.2) is 68.8 Å². The molecule has 0 aromatic heterocycles. The molecule has 0 radical (unpaired) electrons. The van der Waals surface area contributed by atoms with Gasteiger partial charge in [-0.15, -0.1) is 0 Å². The molecule has 1 fully saturated rings. The molecule has 3 N–H and O–H groups in total. The summed E-state index contributed by atoms with van der Waals surface area (Å²) in [7, 11) is -3.80. The van der Waals surface area contributed by atoms with E-state index >= 15 is 0 Å². The lowest BCUT2D eigenvalue weighted by molar-refractivity contribution is -0.118. The van der Waals surface area contributed by atoms with Gasteiger partial charge in [0.1, 0.15) is 24.5 Å². The average molecular weight is 461 g/mol. The standard InChI is InChI=1S/C19H25F2N3O6S/c1-2-19(27,14-6-5-7-15(10-14)30-12-16(20)21)13-22-31(28,29)9-4-3-8-24-11-17(25)23-18(24)26/h3-7,10,16,22,27H,2,8-9,11-13H2,1H3,(H,23,25,26)/b4-3+/t19-/m1/s1. The zero-order chi connectivity index (χ0) is 23.1. The molecule has 1 aromatic carbocycles. The number of imide groups is 1. The number of sulfonamides is 1. The molecule has 1 atom stereocenters. The smallest absolute Gasteiger partial charge is 0.324 e. The Balaban J connectivity index is 1.93. The minimum absolute atomic E-state index is 0.0808. The van der Waals surface area contributed by atoms with Gasteiger partial charge < -0.3 is 14.7 Å². The Labute approximate surface area is 179 Å². The molecule has 12 heteroatoms. The van der Waals surface area contributed by atoms with E-state index in [2.05, 4.69) is 10.0 Å². The van der Waals surface area contributed by atoms with Crippen LogP contribution in [0.1, 0.15) is 18.9 Å². The molecule has 0 spiro atoms. The van der Waals surface area contributed by atoms with Crippen molar-refractivity contribution in [2.24, 2.45) is 0 Å². The molecule has 172 valence electrons. The van der Waals surface area contributed by atoms with Crippen molar-refractivity contribution in [3.8, 4) is 5.75 Å². The number of amides is 3. The predicted octanol–water partition coefficient (Wildman–Crippen LogP) is 0.956. The molecule has 0 aliphatic carbocycles. The number of rotatable bonds is 12. The SMILES string of the molecule is CC[C@@](O)(CNS(=O)(=O)C/C=C/CN1CC(=O)NC1=O)c1cccc(OCC(F)F)c1. The monoisotopic (exact) mass is 461 g/mol. The molecule has 1 heterocycles. The van der Waals surface area contributed by atoms with Crippen LogP contribution in [0.15, 0.2) is 36.4 Å². The molecule has 3 amide bonds. The number of aliphatic hydroxyl groups is 1. The van der Waals surface area contributed by atoms with Crippen molar-refractivity contribution in [3.63, 3.8) is 0 Å². The predicted molar refractivity (Wildman–Crippen MR) is 108 cm³/mol. The molecule has 0 bridgehead atoms. The topological polar surface area (TPSA) is 125 Å². The number of alkyl halides is 2. The van der Waals surface area contributed by atoms with Crippen molar-refractivity contribution in [3.05, 3.63) is 42.0 Å². The second-order valence-electron chi connectivity index (χ2n) is 6.92. The number of nitrogens with one attached hydrogen (secondary N) is 2. The Hall–Kier alpha value is -2.57. The molecule has 2 rings (SSSR count). The van der Waals surface area contributed by atoms with E-state index in [1.165, 1.54) is 35.3 Å². The highest BCUT2D eigenvalue weighted by atomic mass is 32.2. The summed E-state index contributed by atoms with van der Waals surface area (Å²) in [5.41, 5.74) is -1.25. The lowest BCUT2D eigenvalue weighted by atomic mass is 9.91. The molecule has 0 saturated carbocycles. The van der Waals surface area contributed by atoms with E-state index in [0.717, 1.165) is 0 Å². The zero-order valence-electron chi connectivity index (χ0n) is 16.9. The molecule has 1 saturated heterocycles. The maximum absolute atomic E-state index is 12.3. The van der Waals surface area contributed by atoms with Crippen molar-refractivity contribution in [1.29, 1.82) is 0 Å². The van der Waals surface area contributed by atoms with E-state index in [0.29, 0.717) is 5.56 Å². The normalized spacial score (nSPS) is 16.7. The number of ether oxygens (including phenoxy) is 1. The Bertz CT molecular complexity index is 925. The highest BCUT2D eigenvalue weighted by molar-refractivity contribution is 7.89. The first-order valence-corrected chi connectivity index (χ1v) is 11.1. The minimum atomic E-state index is -3.80. The zero-order valence-corrected chi connectivity index (χ0v) is 17.7. The summed E-state index contributed by atoms with van der Waals surface area (Å²) in [6, 6.07) is 5.39. The summed E-state index contributed by atoms with van der Waals surface area (Å²) in [6.45, 7) is 0.527. The van der Waals surface area contributed by atoms with Gasteiger partial charge in [0.05, 0.1) is 5.75 Å². The van der Waals surface area contributed by atoms with E-state index in [1.807, 2.05) is 0 Å².